The molecule has 82 valence electrons. The smallest absolute Gasteiger partial charge is 0.215 e. The van der Waals surface area contributed by atoms with Crippen molar-refractivity contribution in [3.8, 4) is 0 Å². The van der Waals surface area contributed by atoms with Gasteiger partial charge in [-0.3, -0.25) is 0 Å². The molecule has 0 aliphatic heterocycles. The molecule has 3 nitrogen and oxygen atoms in total. The molecule has 0 bridgehead atoms. The van der Waals surface area contributed by atoms with E-state index in [2.05, 4.69) is 10.8 Å². The van der Waals surface area contributed by atoms with Gasteiger partial charge in [0.05, 0.1) is 0 Å². The molecule has 0 aliphatic rings. The topological polar surface area (TPSA) is 46.2 Å². The summed E-state index contributed by atoms with van der Waals surface area (Å²) in [6.45, 7) is 5.89. The van der Waals surface area contributed by atoms with E-state index in [4.69, 9.17) is 0 Å². The van der Waals surface area contributed by atoms with Gasteiger partial charge in [0.1, 0.15) is 0 Å². The molecule has 14 heavy (non-hydrogen) atoms. The van der Waals surface area contributed by atoms with Crippen LogP contribution in [0, 0.1) is 0 Å². The van der Waals surface area contributed by atoms with Crippen LogP contribution in [0.3, 0.4) is 0 Å². The Morgan fingerprint density at radius 3 is 2.29 bits per heavy atom. The van der Waals surface area contributed by atoms with Crippen LogP contribution in [0.25, 0.3) is 0 Å². The van der Waals surface area contributed by atoms with E-state index in [-0.39, 0.29) is 0 Å². The summed E-state index contributed by atoms with van der Waals surface area (Å²) in [7, 11) is -1.79. The third kappa shape index (κ3) is 6.86. The highest BCUT2D eigenvalue weighted by Gasteiger charge is 2.01. The Labute approximate surface area is 87.0 Å². The first kappa shape index (κ1) is 13.4. The molecule has 0 unspecified atom stereocenters. The van der Waals surface area contributed by atoms with Crippen molar-refractivity contribution in [3.63, 3.8) is 0 Å². The van der Waals surface area contributed by atoms with Gasteiger partial charge in [0.15, 0.2) is 0 Å². The van der Waals surface area contributed by atoms with Gasteiger partial charge in [-0.05, 0) is 40.7 Å². The van der Waals surface area contributed by atoms with Crippen LogP contribution in [0.2, 0.25) is 0 Å². The van der Waals surface area contributed by atoms with Gasteiger partial charge < -0.3 is 0 Å². The van der Waals surface area contributed by atoms with Gasteiger partial charge in [-0.1, -0.05) is 17.2 Å². The molecule has 4 heteroatoms. The second-order valence-corrected chi connectivity index (χ2v) is 5.27. The first-order valence-corrected chi connectivity index (χ1v) is 6.16. The Morgan fingerprint density at radius 1 is 1.29 bits per heavy atom. The highest BCUT2D eigenvalue weighted by molar-refractivity contribution is 7.92. The lowest BCUT2D eigenvalue weighted by atomic mass is 10.1. The molecule has 0 rings (SSSR count). The lowest BCUT2D eigenvalue weighted by molar-refractivity contribution is 0.597. The molecule has 0 aromatic rings. The number of nitrogens with one attached hydrogen (secondary N) is 1. The Balaban J connectivity index is 4.22. The Morgan fingerprint density at radius 2 is 1.86 bits per heavy atom. The van der Waals surface area contributed by atoms with E-state index >= 15 is 0 Å². The first-order chi connectivity index (χ1) is 6.37. The molecule has 0 aromatic carbocycles. The molecule has 0 heterocycles. The van der Waals surface area contributed by atoms with E-state index in [9.17, 15) is 8.42 Å². The highest BCUT2D eigenvalue weighted by atomic mass is 32.2. The minimum Gasteiger partial charge on any atom is -0.215 e. The zero-order chi connectivity index (χ0) is 11.2. The van der Waals surface area contributed by atoms with Crippen molar-refractivity contribution < 1.29 is 8.42 Å². The van der Waals surface area contributed by atoms with Crippen LogP contribution in [0.1, 0.15) is 33.6 Å². The fourth-order valence-corrected chi connectivity index (χ4v) is 1.74. The van der Waals surface area contributed by atoms with Crippen LogP contribution in [0.5, 0.6) is 0 Å². The maximum absolute atomic E-state index is 11.1. The average molecular weight is 217 g/mol. The zero-order valence-electron chi connectivity index (χ0n) is 9.29. The summed E-state index contributed by atoms with van der Waals surface area (Å²) >= 11 is 0. The summed E-state index contributed by atoms with van der Waals surface area (Å²) in [5.41, 5.74) is 2.13. The number of rotatable bonds is 5. The summed E-state index contributed by atoms with van der Waals surface area (Å²) in [4.78, 5) is 0. The molecule has 0 atom stereocenters. The average Bonchev–Trinajstić information content (AvgIpc) is 2.02. The Kier molecular flexibility index (Phi) is 5.72. The molecular weight excluding hydrogens is 198 g/mol. The van der Waals surface area contributed by atoms with Crippen molar-refractivity contribution in [2.45, 2.75) is 33.6 Å². The van der Waals surface area contributed by atoms with Gasteiger partial charge in [-0.15, -0.1) is 0 Å². The highest BCUT2D eigenvalue weighted by Crippen LogP contribution is 2.07. The van der Waals surface area contributed by atoms with Crippen LogP contribution in [0.4, 0.5) is 0 Å². The third-order valence-electron chi connectivity index (χ3n) is 1.73. The molecule has 0 radical (unpaired) electrons. The van der Waals surface area contributed by atoms with Gasteiger partial charge in [0, 0.05) is 5.41 Å². The predicted molar refractivity (Wildman–Crippen MR) is 60.4 cm³/mol. The van der Waals surface area contributed by atoms with Gasteiger partial charge in [0.25, 0.3) is 0 Å². The molecule has 0 spiro atoms. The molecule has 0 aromatic heterocycles. The van der Waals surface area contributed by atoms with Gasteiger partial charge in [-0.2, -0.15) is 0 Å². The van der Waals surface area contributed by atoms with E-state index in [1.807, 2.05) is 20.8 Å². The van der Waals surface area contributed by atoms with Crippen molar-refractivity contribution in [2.75, 3.05) is 7.05 Å². The molecule has 0 saturated heterocycles. The largest absolute Gasteiger partial charge is 0.233 e. The van der Waals surface area contributed by atoms with E-state index < -0.39 is 10.0 Å². The summed E-state index contributed by atoms with van der Waals surface area (Å²) in [5.74, 6) is 0. The summed E-state index contributed by atoms with van der Waals surface area (Å²) < 4.78 is 24.5. The van der Waals surface area contributed by atoms with Crippen molar-refractivity contribution in [3.05, 3.63) is 22.6 Å². The second-order valence-electron chi connectivity index (χ2n) is 3.53. The second kappa shape index (κ2) is 5.98. The van der Waals surface area contributed by atoms with E-state index in [0.29, 0.717) is 0 Å². The molecule has 0 amide bonds. The lowest BCUT2D eigenvalue weighted by Crippen LogP contribution is -2.15. The van der Waals surface area contributed by atoms with E-state index in [0.717, 1.165) is 18.4 Å². The van der Waals surface area contributed by atoms with Crippen LogP contribution in [-0.2, 0) is 10.0 Å². The predicted octanol–water partition coefficient (Wildman–Crippen LogP) is 2.19. The minimum atomic E-state index is -3.20. The van der Waals surface area contributed by atoms with Crippen LogP contribution >= 0.6 is 0 Å². The first-order valence-electron chi connectivity index (χ1n) is 4.61. The van der Waals surface area contributed by atoms with Gasteiger partial charge in [0.2, 0.25) is 10.0 Å². The quantitative estimate of drug-likeness (QED) is 0.717. The van der Waals surface area contributed by atoms with Crippen LogP contribution < -0.4 is 4.72 Å². The van der Waals surface area contributed by atoms with Gasteiger partial charge >= 0.3 is 0 Å². The standard InChI is InChI=1S/C10H19NO2S/c1-9(2)6-5-7-10(3)8-14(12,13)11-4/h6,8,11H,5,7H2,1-4H3. The number of sulfonamides is 1. The fourth-order valence-electron chi connectivity index (χ4n) is 0.971. The fraction of sp³-hybridized carbons (Fsp3) is 0.600. The molecule has 1 N–H and O–H groups in total. The summed E-state index contributed by atoms with van der Waals surface area (Å²) in [5, 5.41) is 1.28. The van der Waals surface area contributed by atoms with Gasteiger partial charge in [-0.25, -0.2) is 13.1 Å². The Hall–Kier alpha value is -0.610. The maximum Gasteiger partial charge on any atom is 0.233 e. The maximum atomic E-state index is 11.1. The van der Waals surface area contributed by atoms with Crippen molar-refractivity contribution in [2.24, 2.45) is 0 Å². The number of hydrogen-bond donors (Lipinski definition) is 1. The Bertz CT molecular complexity index is 322. The normalized spacial score (nSPS) is 12.7. The monoisotopic (exact) mass is 217 g/mol. The van der Waals surface area contributed by atoms with Crippen molar-refractivity contribution in [1.82, 2.24) is 4.72 Å². The molecule has 0 saturated carbocycles. The summed E-state index contributed by atoms with van der Waals surface area (Å²) in [6, 6.07) is 0. The van der Waals surface area contributed by atoms with E-state index in [1.54, 1.807) is 0 Å². The van der Waals surface area contributed by atoms with E-state index in [1.165, 1.54) is 18.0 Å². The van der Waals surface area contributed by atoms with Crippen LogP contribution in [0.15, 0.2) is 22.6 Å². The van der Waals surface area contributed by atoms with Crippen molar-refractivity contribution >= 4 is 10.0 Å². The zero-order valence-corrected chi connectivity index (χ0v) is 10.1. The lowest BCUT2D eigenvalue weighted by Gasteiger charge is -1.99. The third-order valence-corrected chi connectivity index (χ3v) is 3.01. The van der Waals surface area contributed by atoms with Crippen LogP contribution in [-0.4, -0.2) is 15.5 Å². The summed E-state index contributed by atoms with van der Waals surface area (Å²) in [6.07, 6.45) is 3.78. The minimum absolute atomic E-state index is 0.784. The number of allylic oxidation sites excluding steroid dienone is 3. The molecular formula is C10H19NO2S. The molecule has 0 fully saturated rings. The number of hydrogen-bond acceptors (Lipinski definition) is 2. The SMILES string of the molecule is CNS(=O)(=O)C=C(C)CCC=C(C)C. The van der Waals surface area contributed by atoms with Crippen molar-refractivity contribution in [1.29, 1.82) is 0 Å². The molecule has 0 aliphatic carbocycles.